The van der Waals surface area contributed by atoms with E-state index >= 15 is 0 Å². The average Bonchev–Trinajstić information content (AvgIpc) is 2.41. The van der Waals surface area contributed by atoms with Gasteiger partial charge in [-0.05, 0) is 31.4 Å². The first kappa shape index (κ1) is 16.5. The Balaban J connectivity index is 2.21. The molecule has 116 valence electrons. The van der Waals surface area contributed by atoms with Crippen molar-refractivity contribution in [2.24, 2.45) is 5.92 Å². The highest BCUT2D eigenvalue weighted by Crippen LogP contribution is 2.28. The standard InChI is InChI=1S/C14H18BrNO4S/c1-10-6-7-11(14(17)18)8-16(10)21(19,20)9-12-4-2-3-5-13(12)15/h2-5,10-11H,6-9H2,1H3,(H,17,18). The van der Waals surface area contributed by atoms with Crippen LogP contribution in [-0.4, -0.2) is 36.4 Å². The molecular weight excluding hydrogens is 358 g/mol. The van der Waals surface area contributed by atoms with E-state index in [2.05, 4.69) is 15.9 Å². The van der Waals surface area contributed by atoms with Gasteiger partial charge in [-0.2, -0.15) is 4.31 Å². The van der Waals surface area contributed by atoms with E-state index in [1.165, 1.54) is 4.31 Å². The first-order chi connectivity index (χ1) is 9.81. The molecule has 0 radical (unpaired) electrons. The molecule has 1 fully saturated rings. The van der Waals surface area contributed by atoms with Gasteiger partial charge >= 0.3 is 5.97 Å². The number of halogens is 1. The van der Waals surface area contributed by atoms with Gasteiger partial charge in [0, 0.05) is 17.1 Å². The van der Waals surface area contributed by atoms with E-state index in [1.807, 2.05) is 13.0 Å². The predicted molar refractivity (Wildman–Crippen MR) is 83.3 cm³/mol. The summed E-state index contributed by atoms with van der Waals surface area (Å²) in [7, 11) is -3.53. The topological polar surface area (TPSA) is 74.7 Å². The molecular formula is C14H18BrNO4S. The predicted octanol–water partition coefficient (Wildman–Crippen LogP) is 2.46. The summed E-state index contributed by atoms with van der Waals surface area (Å²) in [6.07, 6.45) is 1.10. The molecule has 2 rings (SSSR count). The molecule has 2 atom stereocenters. The number of nitrogens with zero attached hydrogens (tertiary/aromatic N) is 1. The Morgan fingerprint density at radius 2 is 2.05 bits per heavy atom. The fourth-order valence-corrected chi connectivity index (χ4v) is 5.04. The molecule has 0 aliphatic carbocycles. The van der Waals surface area contributed by atoms with Crippen LogP contribution in [0.3, 0.4) is 0 Å². The molecule has 0 spiro atoms. The van der Waals surface area contributed by atoms with Gasteiger partial charge in [0.25, 0.3) is 0 Å². The van der Waals surface area contributed by atoms with Crippen molar-refractivity contribution in [1.82, 2.24) is 4.31 Å². The van der Waals surface area contributed by atoms with Crippen LogP contribution in [0.15, 0.2) is 28.7 Å². The van der Waals surface area contributed by atoms with Crippen molar-refractivity contribution < 1.29 is 18.3 Å². The zero-order valence-corrected chi connectivity index (χ0v) is 14.1. The second-order valence-electron chi connectivity index (χ2n) is 5.38. The second-order valence-corrected chi connectivity index (χ2v) is 8.15. The molecule has 1 aromatic rings. The van der Waals surface area contributed by atoms with Crippen LogP contribution >= 0.6 is 15.9 Å². The summed E-state index contributed by atoms with van der Waals surface area (Å²) in [5.74, 6) is -1.66. The molecule has 1 heterocycles. The van der Waals surface area contributed by atoms with Crippen LogP contribution < -0.4 is 0 Å². The van der Waals surface area contributed by atoms with E-state index in [4.69, 9.17) is 5.11 Å². The van der Waals surface area contributed by atoms with E-state index in [-0.39, 0.29) is 18.3 Å². The molecule has 1 aliphatic heterocycles. The zero-order valence-electron chi connectivity index (χ0n) is 11.7. The Morgan fingerprint density at radius 1 is 1.38 bits per heavy atom. The maximum Gasteiger partial charge on any atom is 0.307 e. The summed E-state index contributed by atoms with van der Waals surface area (Å²) < 4.78 is 27.3. The summed E-state index contributed by atoms with van der Waals surface area (Å²) in [5, 5.41) is 9.11. The van der Waals surface area contributed by atoms with Crippen LogP contribution in [0.5, 0.6) is 0 Å². The first-order valence-electron chi connectivity index (χ1n) is 6.77. The Morgan fingerprint density at radius 3 is 2.67 bits per heavy atom. The maximum atomic E-state index is 12.6. The number of hydrogen-bond donors (Lipinski definition) is 1. The highest BCUT2D eigenvalue weighted by atomic mass is 79.9. The molecule has 0 bridgehead atoms. The van der Waals surface area contributed by atoms with Gasteiger partial charge in [0.15, 0.2) is 0 Å². The van der Waals surface area contributed by atoms with Crippen molar-refractivity contribution in [3.8, 4) is 0 Å². The van der Waals surface area contributed by atoms with E-state index in [1.54, 1.807) is 18.2 Å². The Kier molecular flexibility index (Phi) is 5.06. The summed E-state index contributed by atoms with van der Waals surface area (Å²) in [6.45, 7) is 1.89. The lowest BCUT2D eigenvalue weighted by Gasteiger charge is -2.35. The molecule has 1 aromatic carbocycles. The number of carboxylic acid groups (broad SMARTS) is 1. The number of piperidine rings is 1. The van der Waals surface area contributed by atoms with Crippen molar-refractivity contribution in [3.63, 3.8) is 0 Å². The maximum absolute atomic E-state index is 12.6. The van der Waals surface area contributed by atoms with Gasteiger partial charge < -0.3 is 5.11 Å². The summed E-state index contributed by atoms with van der Waals surface area (Å²) in [5.41, 5.74) is 0.683. The number of carbonyl (C=O) groups is 1. The molecule has 7 heteroatoms. The molecule has 1 N–H and O–H groups in total. The van der Waals surface area contributed by atoms with Gasteiger partial charge in [0.2, 0.25) is 10.0 Å². The highest BCUT2D eigenvalue weighted by molar-refractivity contribution is 9.10. The van der Waals surface area contributed by atoms with Gasteiger partial charge in [-0.15, -0.1) is 0 Å². The Labute approximate surface area is 133 Å². The highest BCUT2D eigenvalue weighted by Gasteiger charge is 2.36. The first-order valence-corrected chi connectivity index (χ1v) is 9.17. The monoisotopic (exact) mass is 375 g/mol. The normalized spacial score (nSPS) is 23.9. The van der Waals surface area contributed by atoms with Crippen molar-refractivity contribution in [1.29, 1.82) is 0 Å². The van der Waals surface area contributed by atoms with Crippen LogP contribution in [0.25, 0.3) is 0 Å². The summed E-state index contributed by atoms with van der Waals surface area (Å²) in [4.78, 5) is 11.1. The van der Waals surface area contributed by atoms with Crippen molar-refractivity contribution in [2.75, 3.05) is 6.54 Å². The number of aliphatic carboxylic acids is 1. The van der Waals surface area contributed by atoms with Gasteiger partial charge in [0.05, 0.1) is 11.7 Å². The molecule has 0 saturated carbocycles. The van der Waals surface area contributed by atoms with E-state index in [0.717, 1.165) is 4.47 Å². The Hall–Kier alpha value is -0.920. The third kappa shape index (κ3) is 3.84. The van der Waals surface area contributed by atoms with Crippen molar-refractivity contribution in [2.45, 2.75) is 31.6 Å². The van der Waals surface area contributed by atoms with Gasteiger partial charge in [0.1, 0.15) is 0 Å². The average molecular weight is 376 g/mol. The van der Waals surface area contributed by atoms with Crippen molar-refractivity contribution in [3.05, 3.63) is 34.3 Å². The van der Waals surface area contributed by atoms with E-state index in [9.17, 15) is 13.2 Å². The number of hydrogen-bond acceptors (Lipinski definition) is 3. The largest absolute Gasteiger partial charge is 0.481 e. The second kappa shape index (κ2) is 6.46. The van der Waals surface area contributed by atoms with Gasteiger partial charge in [-0.3, -0.25) is 4.79 Å². The van der Waals surface area contributed by atoms with Gasteiger partial charge in [-0.1, -0.05) is 34.1 Å². The summed E-state index contributed by atoms with van der Waals surface area (Å²) >= 11 is 3.35. The van der Waals surface area contributed by atoms with E-state index in [0.29, 0.717) is 18.4 Å². The van der Waals surface area contributed by atoms with E-state index < -0.39 is 21.9 Å². The molecule has 21 heavy (non-hydrogen) atoms. The van der Waals surface area contributed by atoms with Crippen LogP contribution in [-0.2, 0) is 20.6 Å². The quantitative estimate of drug-likeness (QED) is 0.876. The SMILES string of the molecule is CC1CCC(C(=O)O)CN1S(=O)(=O)Cc1ccccc1Br. The number of carboxylic acids is 1. The molecule has 2 unspecified atom stereocenters. The summed E-state index contributed by atoms with van der Waals surface area (Å²) in [6, 6.07) is 7.00. The number of rotatable bonds is 4. The van der Waals surface area contributed by atoms with Crippen LogP contribution in [0.2, 0.25) is 0 Å². The molecule has 5 nitrogen and oxygen atoms in total. The zero-order chi connectivity index (χ0) is 15.6. The van der Waals surface area contributed by atoms with Crippen molar-refractivity contribution >= 4 is 31.9 Å². The Bertz CT molecular complexity index is 632. The third-order valence-electron chi connectivity index (χ3n) is 3.83. The molecule has 0 amide bonds. The lowest BCUT2D eigenvalue weighted by molar-refractivity contribution is -0.143. The van der Waals surface area contributed by atoms with Crippen LogP contribution in [0.4, 0.5) is 0 Å². The lowest BCUT2D eigenvalue weighted by Crippen LogP contribution is -2.47. The number of sulfonamides is 1. The van der Waals surface area contributed by atoms with Crippen LogP contribution in [0, 0.1) is 5.92 Å². The minimum Gasteiger partial charge on any atom is -0.481 e. The smallest absolute Gasteiger partial charge is 0.307 e. The molecule has 1 aliphatic rings. The van der Waals surface area contributed by atoms with Gasteiger partial charge in [-0.25, -0.2) is 8.42 Å². The fourth-order valence-electron chi connectivity index (χ4n) is 2.56. The molecule has 0 aromatic heterocycles. The number of benzene rings is 1. The van der Waals surface area contributed by atoms with Crippen LogP contribution in [0.1, 0.15) is 25.3 Å². The lowest BCUT2D eigenvalue weighted by atomic mass is 9.96. The minimum absolute atomic E-state index is 0.0588. The minimum atomic E-state index is -3.53. The fraction of sp³-hybridized carbons (Fsp3) is 0.500. The third-order valence-corrected chi connectivity index (χ3v) is 6.50. The molecule has 1 saturated heterocycles.